The van der Waals surface area contributed by atoms with Crippen molar-refractivity contribution in [1.82, 2.24) is 10.1 Å². The Morgan fingerprint density at radius 1 is 1.17 bits per heavy atom. The lowest BCUT2D eigenvalue weighted by Gasteiger charge is -2.36. The second-order valence-electron chi connectivity index (χ2n) is 5.43. The second-order valence-corrected chi connectivity index (χ2v) is 5.43. The summed E-state index contributed by atoms with van der Waals surface area (Å²) in [4.78, 5) is 14.6. The number of hydroxylamine groups is 4. The number of nitrogens with zero attached hydrogens (tertiary/aromatic N) is 3. The first-order valence-corrected chi connectivity index (χ1v) is 5.66. The fourth-order valence-corrected chi connectivity index (χ4v) is 1.88. The Kier molecular flexibility index (Phi) is 2.60. The lowest BCUT2D eigenvalue weighted by molar-refractivity contribution is -0.181. The van der Waals surface area contributed by atoms with Crippen LogP contribution < -0.4 is 0 Å². The monoisotopic (exact) mass is 250 g/mol. The first-order valence-electron chi connectivity index (χ1n) is 5.66. The van der Waals surface area contributed by atoms with E-state index in [1.165, 1.54) is 18.4 Å². The fourth-order valence-electron chi connectivity index (χ4n) is 1.88. The van der Waals surface area contributed by atoms with Crippen LogP contribution >= 0.6 is 0 Å². The lowest BCUT2D eigenvalue weighted by atomic mass is 9.84. The number of hydrogen-bond donors (Lipinski definition) is 1. The Morgan fingerprint density at radius 2 is 1.78 bits per heavy atom. The Balaban J connectivity index is 2.54. The molecule has 18 heavy (non-hydrogen) atoms. The quantitative estimate of drug-likeness (QED) is 0.702. The summed E-state index contributed by atoms with van der Waals surface area (Å²) < 4.78 is 0. The molecule has 2 heterocycles. The molecule has 0 spiro atoms. The lowest BCUT2D eigenvalue weighted by Crippen LogP contribution is -2.52. The van der Waals surface area contributed by atoms with Gasteiger partial charge in [-0.3, -0.25) is 10.0 Å². The molecule has 6 heteroatoms. The zero-order valence-electron chi connectivity index (χ0n) is 10.8. The molecule has 2 aliphatic rings. The highest BCUT2D eigenvalue weighted by atomic mass is 16.6. The molecule has 1 radical (unpaired) electrons. The van der Waals surface area contributed by atoms with Crippen molar-refractivity contribution in [3.8, 4) is 0 Å². The molecule has 1 fully saturated rings. The molecule has 0 aromatic heterocycles. The minimum absolute atomic E-state index is 0.109. The molecule has 0 aromatic carbocycles. The van der Waals surface area contributed by atoms with E-state index in [1.54, 1.807) is 27.7 Å². The van der Waals surface area contributed by atoms with Crippen LogP contribution in [-0.2, 0) is 10.0 Å². The largest absolute Gasteiger partial charge is 0.286 e. The van der Waals surface area contributed by atoms with Gasteiger partial charge in [0.05, 0.1) is 11.1 Å². The SMILES string of the molecule is CC1(C)N([O])/C(=C2\C=CC(=O)N=C2)N(O)C1(C)C. The maximum atomic E-state index is 12.3. The van der Waals surface area contributed by atoms with Crippen LogP contribution in [0.15, 0.2) is 28.5 Å². The van der Waals surface area contributed by atoms with Crippen molar-refractivity contribution >= 4 is 12.1 Å². The highest BCUT2D eigenvalue weighted by molar-refractivity contribution is 6.03. The van der Waals surface area contributed by atoms with Crippen molar-refractivity contribution in [3.05, 3.63) is 23.5 Å². The number of aliphatic imine (C=N–C) groups is 1. The zero-order valence-corrected chi connectivity index (χ0v) is 10.8. The molecule has 0 unspecified atom stereocenters. The second kappa shape index (κ2) is 3.66. The fraction of sp³-hybridized carbons (Fsp3) is 0.500. The molecule has 0 bridgehead atoms. The molecule has 2 rings (SSSR count). The van der Waals surface area contributed by atoms with Gasteiger partial charge in [0.1, 0.15) is 0 Å². The number of carbonyl (C=O) groups excluding carboxylic acids is 1. The zero-order chi connectivity index (χ0) is 13.7. The number of allylic oxidation sites excluding steroid dienone is 2. The van der Waals surface area contributed by atoms with Gasteiger partial charge >= 0.3 is 0 Å². The molecule has 1 amide bonds. The van der Waals surface area contributed by atoms with Crippen molar-refractivity contribution in [2.75, 3.05) is 0 Å². The van der Waals surface area contributed by atoms with Gasteiger partial charge in [-0.05, 0) is 33.8 Å². The molecule has 0 aromatic rings. The summed E-state index contributed by atoms with van der Waals surface area (Å²) in [6, 6.07) is 0. The van der Waals surface area contributed by atoms with Gasteiger partial charge in [0, 0.05) is 17.9 Å². The van der Waals surface area contributed by atoms with Crippen molar-refractivity contribution in [1.29, 1.82) is 0 Å². The summed E-state index contributed by atoms with van der Waals surface area (Å²) in [5.41, 5.74) is -1.13. The number of rotatable bonds is 0. The smallest absolute Gasteiger partial charge is 0.269 e. The average Bonchev–Trinajstić information content (AvgIpc) is 2.41. The third-order valence-corrected chi connectivity index (χ3v) is 3.92. The standard InChI is InChI=1S/C12H16N3O3/c1-11(2)12(3,4)15(18)10(14(11)17)8-5-6-9(16)13-7-8/h5-7,17H,1-4H3/b10-8+. The minimum atomic E-state index is -0.798. The van der Waals surface area contributed by atoms with Crippen LogP contribution in [0.25, 0.3) is 0 Å². The molecule has 6 nitrogen and oxygen atoms in total. The maximum Gasteiger partial charge on any atom is 0.269 e. The van der Waals surface area contributed by atoms with E-state index in [1.807, 2.05) is 0 Å². The van der Waals surface area contributed by atoms with Crippen LogP contribution in [0.4, 0.5) is 0 Å². The van der Waals surface area contributed by atoms with E-state index in [9.17, 15) is 15.2 Å². The molecule has 0 aliphatic carbocycles. The Labute approximate surface area is 105 Å². The van der Waals surface area contributed by atoms with Crippen LogP contribution in [0.3, 0.4) is 0 Å². The van der Waals surface area contributed by atoms with E-state index in [0.717, 1.165) is 10.1 Å². The first-order chi connectivity index (χ1) is 8.19. The van der Waals surface area contributed by atoms with Gasteiger partial charge in [-0.1, -0.05) is 5.21 Å². The average molecular weight is 250 g/mol. The summed E-state index contributed by atoms with van der Waals surface area (Å²) in [5.74, 6) is -0.268. The molecule has 2 aliphatic heterocycles. The summed E-state index contributed by atoms with van der Waals surface area (Å²) in [6.07, 6.45) is 4.04. The number of carbonyl (C=O) groups is 1. The molecule has 0 atom stereocenters. The molecular formula is C12H16N3O3. The Hall–Kier alpha value is -1.66. The van der Waals surface area contributed by atoms with Crippen molar-refractivity contribution in [3.63, 3.8) is 0 Å². The minimum Gasteiger partial charge on any atom is -0.286 e. The topological polar surface area (TPSA) is 76.0 Å². The number of amides is 1. The van der Waals surface area contributed by atoms with Crippen LogP contribution in [0.2, 0.25) is 0 Å². The molecule has 0 saturated carbocycles. The van der Waals surface area contributed by atoms with Gasteiger partial charge in [0.15, 0.2) is 5.82 Å². The van der Waals surface area contributed by atoms with Gasteiger partial charge in [-0.25, -0.2) is 10.1 Å². The van der Waals surface area contributed by atoms with Crippen molar-refractivity contribution in [2.45, 2.75) is 38.8 Å². The van der Waals surface area contributed by atoms with E-state index >= 15 is 0 Å². The maximum absolute atomic E-state index is 12.3. The molecular weight excluding hydrogens is 234 g/mol. The third kappa shape index (κ3) is 1.49. The van der Waals surface area contributed by atoms with E-state index < -0.39 is 11.1 Å². The summed E-state index contributed by atoms with van der Waals surface area (Å²) in [5, 5.41) is 24.2. The predicted molar refractivity (Wildman–Crippen MR) is 64.0 cm³/mol. The van der Waals surface area contributed by atoms with Gasteiger partial charge in [0.2, 0.25) is 0 Å². The Morgan fingerprint density at radius 3 is 2.17 bits per heavy atom. The van der Waals surface area contributed by atoms with Crippen LogP contribution in [0.5, 0.6) is 0 Å². The van der Waals surface area contributed by atoms with Crippen LogP contribution in [-0.4, -0.2) is 38.5 Å². The van der Waals surface area contributed by atoms with E-state index in [4.69, 9.17) is 0 Å². The van der Waals surface area contributed by atoms with Gasteiger partial charge < -0.3 is 0 Å². The van der Waals surface area contributed by atoms with Gasteiger partial charge in [-0.15, -0.1) is 0 Å². The van der Waals surface area contributed by atoms with Crippen LogP contribution in [0.1, 0.15) is 27.7 Å². The Bertz CT molecular complexity index is 449. The molecule has 1 saturated heterocycles. The summed E-state index contributed by atoms with van der Waals surface area (Å²) >= 11 is 0. The van der Waals surface area contributed by atoms with Crippen molar-refractivity contribution < 1.29 is 15.2 Å². The molecule has 1 N–H and O–H groups in total. The normalized spacial score (nSPS) is 29.3. The van der Waals surface area contributed by atoms with E-state index in [0.29, 0.717) is 5.57 Å². The summed E-state index contributed by atoms with van der Waals surface area (Å²) in [7, 11) is 0. The first kappa shape index (κ1) is 12.8. The number of dihydropyridines is 1. The van der Waals surface area contributed by atoms with Crippen molar-refractivity contribution in [2.24, 2.45) is 4.99 Å². The summed E-state index contributed by atoms with van der Waals surface area (Å²) in [6.45, 7) is 7.07. The van der Waals surface area contributed by atoms with Gasteiger partial charge in [-0.2, -0.15) is 5.06 Å². The van der Waals surface area contributed by atoms with Gasteiger partial charge in [0.25, 0.3) is 5.91 Å². The number of hydrogen-bond acceptors (Lipinski definition) is 4. The molecule has 97 valence electrons. The third-order valence-electron chi connectivity index (χ3n) is 3.92. The highest BCUT2D eigenvalue weighted by Gasteiger charge is 2.56. The van der Waals surface area contributed by atoms with E-state index in [-0.39, 0.29) is 11.7 Å². The van der Waals surface area contributed by atoms with Crippen LogP contribution in [0, 0.1) is 0 Å². The van der Waals surface area contributed by atoms with E-state index in [2.05, 4.69) is 4.99 Å². The predicted octanol–water partition coefficient (Wildman–Crippen LogP) is 1.27. The highest BCUT2D eigenvalue weighted by Crippen LogP contribution is 2.44.